The van der Waals surface area contributed by atoms with E-state index in [9.17, 15) is 0 Å². The Hall–Kier alpha value is -2.07. The molecule has 0 bridgehead atoms. The Labute approximate surface area is 124 Å². The SMILES string of the molecule is CCC1c2[nH]c3ccccc3c2CCN1Cc1ncc[nH]1. The second-order valence-electron chi connectivity index (χ2n) is 5.74. The summed E-state index contributed by atoms with van der Waals surface area (Å²) < 4.78 is 0. The van der Waals surface area contributed by atoms with Crippen molar-refractivity contribution in [3.63, 3.8) is 0 Å². The number of imidazole rings is 1. The van der Waals surface area contributed by atoms with E-state index >= 15 is 0 Å². The van der Waals surface area contributed by atoms with Gasteiger partial charge in [0.15, 0.2) is 0 Å². The normalized spacial score (nSPS) is 19.0. The van der Waals surface area contributed by atoms with Crippen LogP contribution in [0.3, 0.4) is 0 Å². The Morgan fingerprint density at radius 3 is 3.05 bits per heavy atom. The van der Waals surface area contributed by atoms with Crippen LogP contribution < -0.4 is 0 Å². The van der Waals surface area contributed by atoms with E-state index in [0.717, 1.165) is 31.8 Å². The molecule has 2 aromatic heterocycles. The summed E-state index contributed by atoms with van der Waals surface area (Å²) in [5.41, 5.74) is 4.17. The summed E-state index contributed by atoms with van der Waals surface area (Å²) in [6, 6.07) is 9.10. The number of para-hydroxylation sites is 1. The fourth-order valence-electron chi connectivity index (χ4n) is 3.60. The van der Waals surface area contributed by atoms with E-state index in [1.54, 1.807) is 0 Å². The molecule has 4 rings (SSSR count). The van der Waals surface area contributed by atoms with Gasteiger partial charge in [-0.1, -0.05) is 25.1 Å². The molecular formula is C17H20N4. The number of benzene rings is 1. The fraction of sp³-hybridized carbons (Fsp3) is 0.353. The first kappa shape index (κ1) is 12.7. The molecule has 108 valence electrons. The van der Waals surface area contributed by atoms with Crippen LogP contribution in [0.5, 0.6) is 0 Å². The molecule has 1 aliphatic heterocycles. The first-order chi connectivity index (χ1) is 10.4. The Kier molecular flexibility index (Phi) is 3.04. The van der Waals surface area contributed by atoms with Gasteiger partial charge in [-0.2, -0.15) is 0 Å². The standard InChI is InChI=1S/C17H20N4/c1-2-15-17-13(12-5-3-4-6-14(12)20-17)7-10-21(15)11-16-18-8-9-19-16/h3-6,8-9,15,20H,2,7,10-11H2,1H3,(H,18,19). The molecule has 21 heavy (non-hydrogen) atoms. The van der Waals surface area contributed by atoms with Gasteiger partial charge in [0.1, 0.15) is 5.82 Å². The number of rotatable bonds is 3. The third-order valence-electron chi connectivity index (χ3n) is 4.56. The van der Waals surface area contributed by atoms with Crippen LogP contribution >= 0.6 is 0 Å². The number of hydrogen-bond acceptors (Lipinski definition) is 2. The van der Waals surface area contributed by atoms with Crippen molar-refractivity contribution >= 4 is 10.9 Å². The molecule has 0 fully saturated rings. The monoisotopic (exact) mass is 280 g/mol. The van der Waals surface area contributed by atoms with Crippen LogP contribution in [0.2, 0.25) is 0 Å². The third kappa shape index (κ3) is 2.07. The van der Waals surface area contributed by atoms with Gasteiger partial charge in [0.05, 0.1) is 12.6 Å². The van der Waals surface area contributed by atoms with E-state index in [1.165, 1.54) is 22.2 Å². The molecule has 2 N–H and O–H groups in total. The maximum atomic E-state index is 4.37. The molecule has 3 heterocycles. The molecule has 0 spiro atoms. The highest BCUT2D eigenvalue weighted by Crippen LogP contribution is 2.36. The molecule has 0 saturated heterocycles. The van der Waals surface area contributed by atoms with Crippen LogP contribution in [0.4, 0.5) is 0 Å². The first-order valence-electron chi connectivity index (χ1n) is 7.68. The molecule has 4 nitrogen and oxygen atoms in total. The zero-order valence-electron chi connectivity index (χ0n) is 12.3. The van der Waals surface area contributed by atoms with Gasteiger partial charge < -0.3 is 9.97 Å². The van der Waals surface area contributed by atoms with Crippen LogP contribution in [0, 0.1) is 0 Å². The summed E-state index contributed by atoms with van der Waals surface area (Å²) in [6.45, 7) is 4.24. The highest BCUT2D eigenvalue weighted by atomic mass is 15.2. The summed E-state index contributed by atoms with van der Waals surface area (Å²) in [4.78, 5) is 13.8. The lowest BCUT2D eigenvalue weighted by Crippen LogP contribution is -2.35. The van der Waals surface area contributed by atoms with E-state index in [4.69, 9.17) is 0 Å². The van der Waals surface area contributed by atoms with Crippen LogP contribution in [-0.2, 0) is 13.0 Å². The van der Waals surface area contributed by atoms with E-state index in [1.807, 2.05) is 12.4 Å². The van der Waals surface area contributed by atoms with Crippen LogP contribution in [0.15, 0.2) is 36.7 Å². The molecule has 0 aliphatic carbocycles. The largest absolute Gasteiger partial charge is 0.357 e. The van der Waals surface area contributed by atoms with Crippen molar-refractivity contribution in [2.45, 2.75) is 32.4 Å². The second kappa shape index (κ2) is 5.04. The number of nitrogens with one attached hydrogen (secondary N) is 2. The van der Waals surface area contributed by atoms with Gasteiger partial charge in [0.25, 0.3) is 0 Å². The van der Waals surface area contributed by atoms with Gasteiger partial charge in [0, 0.05) is 35.5 Å². The van der Waals surface area contributed by atoms with Gasteiger partial charge in [-0.05, 0) is 24.5 Å². The summed E-state index contributed by atoms with van der Waals surface area (Å²) in [7, 11) is 0. The zero-order valence-corrected chi connectivity index (χ0v) is 12.3. The number of aromatic nitrogens is 3. The van der Waals surface area contributed by atoms with Gasteiger partial charge in [0.2, 0.25) is 0 Å². The lowest BCUT2D eigenvalue weighted by atomic mass is 9.96. The predicted molar refractivity (Wildman–Crippen MR) is 84.0 cm³/mol. The maximum absolute atomic E-state index is 4.37. The Morgan fingerprint density at radius 2 is 2.24 bits per heavy atom. The molecule has 4 heteroatoms. The number of fused-ring (bicyclic) bond motifs is 3. The van der Waals surface area contributed by atoms with E-state index in [2.05, 4.69) is 51.0 Å². The Bertz CT molecular complexity index is 741. The average Bonchev–Trinajstić information content (AvgIpc) is 3.14. The van der Waals surface area contributed by atoms with Crippen LogP contribution in [-0.4, -0.2) is 26.4 Å². The molecule has 1 atom stereocenters. The van der Waals surface area contributed by atoms with E-state index in [0.29, 0.717) is 6.04 Å². The summed E-state index contributed by atoms with van der Waals surface area (Å²) in [5, 5.41) is 1.39. The number of aromatic amines is 2. The smallest absolute Gasteiger partial charge is 0.120 e. The Morgan fingerprint density at radius 1 is 1.33 bits per heavy atom. The maximum Gasteiger partial charge on any atom is 0.120 e. The quantitative estimate of drug-likeness (QED) is 0.772. The van der Waals surface area contributed by atoms with Crippen molar-refractivity contribution in [1.29, 1.82) is 0 Å². The van der Waals surface area contributed by atoms with Gasteiger partial charge in [-0.3, -0.25) is 4.90 Å². The number of H-pyrrole nitrogens is 2. The Balaban J connectivity index is 1.72. The molecule has 0 saturated carbocycles. The minimum Gasteiger partial charge on any atom is -0.357 e. The minimum atomic E-state index is 0.450. The lowest BCUT2D eigenvalue weighted by molar-refractivity contribution is 0.165. The van der Waals surface area contributed by atoms with Crippen molar-refractivity contribution in [2.75, 3.05) is 6.54 Å². The van der Waals surface area contributed by atoms with Crippen molar-refractivity contribution in [3.05, 3.63) is 53.7 Å². The van der Waals surface area contributed by atoms with Crippen molar-refractivity contribution in [1.82, 2.24) is 19.9 Å². The van der Waals surface area contributed by atoms with Crippen LogP contribution in [0.1, 0.15) is 36.5 Å². The summed E-state index contributed by atoms with van der Waals surface area (Å²) in [5.74, 6) is 1.05. The van der Waals surface area contributed by atoms with Gasteiger partial charge in [-0.25, -0.2) is 4.98 Å². The fourth-order valence-corrected chi connectivity index (χ4v) is 3.60. The van der Waals surface area contributed by atoms with Crippen LogP contribution in [0.25, 0.3) is 10.9 Å². The number of nitrogens with zero attached hydrogens (tertiary/aromatic N) is 2. The number of hydrogen-bond donors (Lipinski definition) is 2. The molecular weight excluding hydrogens is 260 g/mol. The zero-order chi connectivity index (χ0) is 14.2. The summed E-state index contributed by atoms with van der Waals surface area (Å²) in [6.07, 6.45) is 5.94. The minimum absolute atomic E-state index is 0.450. The van der Waals surface area contributed by atoms with Gasteiger partial charge in [-0.15, -0.1) is 0 Å². The molecule has 1 aliphatic rings. The molecule has 0 amide bonds. The van der Waals surface area contributed by atoms with Gasteiger partial charge >= 0.3 is 0 Å². The average molecular weight is 280 g/mol. The van der Waals surface area contributed by atoms with Crippen molar-refractivity contribution < 1.29 is 0 Å². The second-order valence-corrected chi connectivity index (χ2v) is 5.74. The first-order valence-corrected chi connectivity index (χ1v) is 7.68. The predicted octanol–water partition coefficient (Wildman–Crippen LogP) is 3.40. The lowest BCUT2D eigenvalue weighted by Gasteiger charge is -2.34. The van der Waals surface area contributed by atoms with Crippen molar-refractivity contribution in [2.24, 2.45) is 0 Å². The highest BCUT2D eigenvalue weighted by Gasteiger charge is 2.29. The molecule has 0 radical (unpaired) electrons. The van der Waals surface area contributed by atoms with E-state index < -0.39 is 0 Å². The van der Waals surface area contributed by atoms with Crippen molar-refractivity contribution in [3.8, 4) is 0 Å². The molecule has 1 aromatic carbocycles. The molecule has 1 unspecified atom stereocenters. The topological polar surface area (TPSA) is 47.7 Å². The highest BCUT2D eigenvalue weighted by molar-refractivity contribution is 5.85. The third-order valence-corrected chi connectivity index (χ3v) is 4.56. The molecule has 3 aromatic rings. The van der Waals surface area contributed by atoms with E-state index in [-0.39, 0.29) is 0 Å². The summed E-state index contributed by atoms with van der Waals surface area (Å²) >= 11 is 0.